The summed E-state index contributed by atoms with van der Waals surface area (Å²) in [6, 6.07) is 0. The molecule has 82 valence electrons. The molecule has 1 aliphatic carbocycles. The van der Waals surface area contributed by atoms with Crippen LogP contribution in [0, 0.1) is 5.41 Å². The fraction of sp³-hybridized carbons (Fsp3) is 0.909. The molecule has 0 aliphatic heterocycles. The van der Waals surface area contributed by atoms with E-state index in [1.54, 1.807) is 0 Å². The van der Waals surface area contributed by atoms with Gasteiger partial charge in [0, 0.05) is 13.1 Å². The predicted molar refractivity (Wildman–Crippen MR) is 61.4 cm³/mol. The van der Waals surface area contributed by atoms with Crippen LogP contribution in [0.1, 0.15) is 46.0 Å². The van der Waals surface area contributed by atoms with Gasteiger partial charge in [-0.15, -0.1) is 0 Å². The molecule has 0 aromatic rings. The minimum Gasteiger partial charge on any atom is -0.370 e. The lowest BCUT2D eigenvalue weighted by molar-refractivity contribution is 0.139. The summed E-state index contributed by atoms with van der Waals surface area (Å²) in [7, 11) is 0. The van der Waals surface area contributed by atoms with E-state index in [-0.39, 0.29) is 0 Å². The molecule has 0 amide bonds. The summed E-state index contributed by atoms with van der Waals surface area (Å²) in [6.45, 7) is 6.21. The van der Waals surface area contributed by atoms with E-state index in [9.17, 15) is 0 Å². The zero-order valence-electron chi connectivity index (χ0n) is 9.47. The van der Waals surface area contributed by atoms with Crippen LogP contribution >= 0.6 is 0 Å². The molecule has 0 radical (unpaired) electrons. The van der Waals surface area contributed by atoms with E-state index in [0.717, 1.165) is 19.5 Å². The number of aliphatic imine (C=N–C) groups is 1. The predicted octanol–water partition coefficient (Wildman–Crippen LogP) is 1.88. The first-order valence-electron chi connectivity index (χ1n) is 5.76. The van der Waals surface area contributed by atoms with Crippen LogP contribution < -0.4 is 11.1 Å². The molecular weight excluding hydrogens is 174 g/mol. The Labute approximate surface area is 87.2 Å². The second kappa shape index (κ2) is 5.23. The Hall–Kier alpha value is -0.730. The number of nitrogens with two attached hydrogens (primary N) is 1. The summed E-state index contributed by atoms with van der Waals surface area (Å²) < 4.78 is 0. The van der Waals surface area contributed by atoms with Crippen LogP contribution in [0.3, 0.4) is 0 Å². The maximum atomic E-state index is 5.74. The summed E-state index contributed by atoms with van der Waals surface area (Å²) >= 11 is 0. The Kier molecular flexibility index (Phi) is 4.23. The number of hydrogen-bond donors (Lipinski definition) is 2. The third-order valence-electron chi connectivity index (χ3n) is 3.31. The molecule has 3 nitrogen and oxygen atoms in total. The summed E-state index contributed by atoms with van der Waals surface area (Å²) in [6.07, 6.45) is 6.35. The SMILES string of the molecule is CCCNC(N)=NCC1(CC)CCC1. The van der Waals surface area contributed by atoms with Crippen molar-refractivity contribution in [2.75, 3.05) is 13.1 Å². The molecule has 0 aromatic heterocycles. The molecule has 0 bridgehead atoms. The normalized spacial score (nSPS) is 20.3. The first-order chi connectivity index (χ1) is 6.72. The van der Waals surface area contributed by atoms with Gasteiger partial charge < -0.3 is 11.1 Å². The zero-order chi connectivity index (χ0) is 10.4. The van der Waals surface area contributed by atoms with Gasteiger partial charge in [-0.05, 0) is 31.1 Å². The Morgan fingerprint density at radius 1 is 1.43 bits per heavy atom. The van der Waals surface area contributed by atoms with Crippen molar-refractivity contribution in [1.82, 2.24) is 5.32 Å². The molecule has 14 heavy (non-hydrogen) atoms. The maximum Gasteiger partial charge on any atom is 0.188 e. The van der Waals surface area contributed by atoms with Gasteiger partial charge in [0.25, 0.3) is 0 Å². The van der Waals surface area contributed by atoms with Crippen LogP contribution in [0.2, 0.25) is 0 Å². The fourth-order valence-corrected chi connectivity index (χ4v) is 1.86. The minimum absolute atomic E-state index is 0.485. The summed E-state index contributed by atoms with van der Waals surface area (Å²) in [5.74, 6) is 0.617. The zero-order valence-corrected chi connectivity index (χ0v) is 9.47. The molecule has 0 unspecified atom stereocenters. The maximum absolute atomic E-state index is 5.74. The monoisotopic (exact) mass is 197 g/mol. The summed E-state index contributed by atoms with van der Waals surface area (Å²) in [4.78, 5) is 4.41. The molecule has 1 rings (SSSR count). The number of rotatable bonds is 5. The topological polar surface area (TPSA) is 50.4 Å². The van der Waals surface area contributed by atoms with Gasteiger partial charge in [0.15, 0.2) is 5.96 Å². The third-order valence-corrected chi connectivity index (χ3v) is 3.31. The van der Waals surface area contributed by atoms with E-state index in [0.29, 0.717) is 11.4 Å². The van der Waals surface area contributed by atoms with Crippen LogP contribution in [0.15, 0.2) is 4.99 Å². The average molecular weight is 197 g/mol. The summed E-state index contributed by atoms with van der Waals surface area (Å²) in [5.41, 5.74) is 6.22. The number of guanidine groups is 1. The van der Waals surface area contributed by atoms with Crippen molar-refractivity contribution < 1.29 is 0 Å². The van der Waals surface area contributed by atoms with Gasteiger partial charge in [-0.1, -0.05) is 20.3 Å². The van der Waals surface area contributed by atoms with Crippen LogP contribution in [0.25, 0.3) is 0 Å². The van der Waals surface area contributed by atoms with Crippen LogP contribution in [-0.4, -0.2) is 19.0 Å². The highest BCUT2D eigenvalue weighted by Crippen LogP contribution is 2.43. The first kappa shape index (κ1) is 11.3. The van der Waals surface area contributed by atoms with Gasteiger partial charge in [0.05, 0.1) is 0 Å². The van der Waals surface area contributed by atoms with Crippen LogP contribution in [-0.2, 0) is 0 Å². The van der Waals surface area contributed by atoms with E-state index < -0.39 is 0 Å². The highest BCUT2D eigenvalue weighted by Gasteiger charge is 2.34. The first-order valence-corrected chi connectivity index (χ1v) is 5.76. The van der Waals surface area contributed by atoms with E-state index in [1.165, 1.54) is 25.7 Å². The Morgan fingerprint density at radius 3 is 2.57 bits per heavy atom. The Morgan fingerprint density at radius 2 is 2.14 bits per heavy atom. The quantitative estimate of drug-likeness (QED) is 0.522. The molecule has 1 fully saturated rings. The molecule has 0 atom stereocenters. The van der Waals surface area contributed by atoms with Gasteiger partial charge >= 0.3 is 0 Å². The van der Waals surface area contributed by atoms with Crippen molar-refractivity contribution in [2.24, 2.45) is 16.1 Å². The largest absolute Gasteiger partial charge is 0.370 e. The van der Waals surface area contributed by atoms with Gasteiger partial charge in [0.1, 0.15) is 0 Å². The molecule has 0 aromatic carbocycles. The van der Waals surface area contributed by atoms with Gasteiger partial charge in [-0.3, -0.25) is 4.99 Å². The van der Waals surface area contributed by atoms with Crippen LogP contribution in [0.5, 0.6) is 0 Å². The Balaban J connectivity index is 2.29. The van der Waals surface area contributed by atoms with Crippen molar-refractivity contribution in [2.45, 2.75) is 46.0 Å². The molecule has 0 spiro atoms. The van der Waals surface area contributed by atoms with E-state index in [1.807, 2.05) is 0 Å². The smallest absolute Gasteiger partial charge is 0.188 e. The second-order valence-corrected chi connectivity index (χ2v) is 4.34. The van der Waals surface area contributed by atoms with Crippen molar-refractivity contribution in [3.8, 4) is 0 Å². The van der Waals surface area contributed by atoms with E-state index in [2.05, 4.69) is 24.2 Å². The molecule has 3 heteroatoms. The minimum atomic E-state index is 0.485. The highest BCUT2D eigenvalue weighted by atomic mass is 15.1. The van der Waals surface area contributed by atoms with Crippen molar-refractivity contribution in [1.29, 1.82) is 0 Å². The van der Waals surface area contributed by atoms with Crippen LogP contribution in [0.4, 0.5) is 0 Å². The van der Waals surface area contributed by atoms with Gasteiger partial charge in [-0.2, -0.15) is 0 Å². The highest BCUT2D eigenvalue weighted by molar-refractivity contribution is 5.77. The lowest BCUT2D eigenvalue weighted by atomic mass is 9.67. The van der Waals surface area contributed by atoms with Crippen molar-refractivity contribution >= 4 is 5.96 Å². The number of nitrogens with one attached hydrogen (secondary N) is 1. The van der Waals surface area contributed by atoms with Gasteiger partial charge in [0.2, 0.25) is 0 Å². The van der Waals surface area contributed by atoms with Gasteiger partial charge in [-0.25, -0.2) is 0 Å². The lowest BCUT2D eigenvalue weighted by Crippen LogP contribution is -2.36. The summed E-state index contributed by atoms with van der Waals surface area (Å²) in [5, 5.41) is 3.10. The number of hydrogen-bond acceptors (Lipinski definition) is 1. The molecule has 0 saturated heterocycles. The molecule has 1 saturated carbocycles. The average Bonchev–Trinajstić information content (AvgIpc) is 2.14. The third kappa shape index (κ3) is 2.89. The molecular formula is C11H23N3. The van der Waals surface area contributed by atoms with E-state index in [4.69, 9.17) is 5.73 Å². The standard InChI is InChI=1S/C11H23N3/c1-3-8-13-10(12)14-9-11(4-2)6-5-7-11/h3-9H2,1-2H3,(H3,12,13,14). The van der Waals surface area contributed by atoms with Crippen molar-refractivity contribution in [3.05, 3.63) is 0 Å². The molecule has 1 aliphatic rings. The fourth-order valence-electron chi connectivity index (χ4n) is 1.86. The second-order valence-electron chi connectivity index (χ2n) is 4.34. The number of nitrogens with zero attached hydrogens (tertiary/aromatic N) is 1. The Bertz CT molecular complexity index is 189. The molecule has 0 heterocycles. The van der Waals surface area contributed by atoms with E-state index >= 15 is 0 Å². The van der Waals surface area contributed by atoms with Crippen molar-refractivity contribution in [3.63, 3.8) is 0 Å². The lowest BCUT2D eigenvalue weighted by Gasteiger charge is -2.40. The molecule has 3 N–H and O–H groups in total.